The van der Waals surface area contributed by atoms with E-state index in [0.29, 0.717) is 0 Å². The third kappa shape index (κ3) is 4.70. The van der Waals surface area contributed by atoms with Gasteiger partial charge in [0.2, 0.25) is 5.82 Å². The van der Waals surface area contributed by atoms with Crippen molar-refractivity contribution in [3.05, 3.63) is 88.9 Å². The van der Waals surface area contributed by atoms with Gasteiger partial charge >= 0.3 is 6.18 Å². The van der Waals surface area contributed by atoms with E-state index in [1.54, 1.807) is 0 Å². The monoisotopic (exact) mass is 547 g/mol. The number of benzene rings is 3. The number of fused-ring (bicyclic) bond motifs is 1. The second kappa shape index (κ2) is 9.29. The van der Waals surface area contributed by atoms with Crippen molar-refractivity contribution in [1.29, 1.82) is 0 Å². The van der Waals surface area contributed by atoms with E-state index in [1.807, 2.05) is 0 Å². The number of nitrogens with zero attached hydrogens (tertiary/aromatic N) is 1. The van der Waals surface area contributed by atoms with E-state index in [2.05, 4.69) is 4.98 Å². The Morgan fingerprint density at radius 2 is 1.46 bits per heavy atom. The number of hydrogen-bond donors (Lipinski definition) is 0. The van der Waals surface area contributed by atoms with Crippen LogP contribution in [0.2, 0.25) is 0 Å². The molecule has 4 rings (SSSR count). The summed E-state index contributed by atoms with van der Waals surface area (Å²) in [6.07, 6.45) is -3.38. The number of methoxy groups -OCH3 is 1. The molecule has 0 saturated carbocycles. The first kappa shape index (κ1) is 26.3. The molecule has 0 radical (unpaired) electrons. The first-order valence-corrected chi connectivity index (χ1v) is 11.8. The highest BCUT2D eigenvalue weighted by Gasteiger charge is 2.32. The largest absolute Gasteiger partial charge is 0.496 e. The van der Waals surface area contributed by atoms with Crippen LogP contribution >= 0.6 is 0 Å². The molecule has 0 aliphatic rings. The first-order valence-electron chi connectivity index (χ1n) is 10.1. The average Bonchev–Trinajstić information content (AvgIpc) is 2.87. The van der Waals surface area contributed by atoms with Crippen molar-refractivity contribution < 1.29 is 48.3 Å². The zero-order valence-electron chi connectivity index (χ0n) is 18.4. The van der Waals surface area contributed by atoms with Crippen LogP contribution in [0.3, 0.4) is 0 Å². The SMILES string of the molecule is COc1cc(C(F)(F)F)ccc1-c1nccc2cc(S(=O)(=O)Cc3c(F)c(F)c(F)c(F)c3F)ccc12. The summed E-state index contributed by atoms with van der Waals surface area (Å²) in [6, 6.07) is 7.45. The van der Waals surface area contributed by atoms with Crippen LogP contribution < -0.4 is 4.74 Å². The second-order valence-corrected chi connectivity index (χ2v) is 9.75. The van der Waals surface area contributed by atoms with Gasteiger partial charge in [0.25, 0.3) is 0 Å². The lowest BCUT2D eigenvalue weighted by molar-refractivity contribution is -0.137. The lowest BCUT2D eigenvalue weighted by Crippen LogP contribution is -2.13. The van der Waals surface area contributed by atoms with Crippen LogP contribution in [0.1, 0.15) is 11.1 Å². The van der Waals surface area contributed by atoms with Crippen molar-refractivity contribution in [2.24, 2.45) is 0 Å². The Kier molecular flexibility index (Phi) is 6.61. The third-order valence-corrected chi connectivity index (χ3v) is 7.15. The van der Waals surface area contributed by atoms with Crippen LogP contribution in [-0.4, -0.2) is 20.5 Å². The molecule has 0 bridgehead atoms. The Morgan fingerprint density at radius 1 is 0.838 bits per heavy atom. The molecule has 37 heavy (non-hydrogen) atoms. The number of pyridine rings is 1. The van der Waals surface area contributed by atoms with Crippen molar-refractivity contribution in [1.82, 2.24) is 4.98 Å². The Morgan fingerprint density at radius 3 is 2.05 bits per heavy atom. The molecule has 194 valence electrons. The maximum Gasteiger partial charge on any atom is 0.416 e. The molecule has 0 N–H and O–H groups in total. The van der Waals surface area contributed by atoms with E-state index in [4.69, 9.17) is 4.74 Å². The minimum absolute atomic E-state index is 0.145. The van der Waals surface area contributed by atoms with Crippen LogP contribution in [0.5, 0.6) is 5.75 Å². The summed E-state index contributed by atoms with van der Waals surface area (Å²) in [5.74, 6) is -13.2. The highest BCUT2D eigenvalue weighted by Crippen LogP contribution is 2.39. The van der Waals surface area contributed by atoms with Crippen molar-refractivity contribution >= 4 is 20.6 Å². The van der Waals surface area contributed by atoms with Gasteiger partial charge in [-0.3, -0.25) is 4.98 Å². The molecule has 3 aromatic carbocycles. The molecule has 4 nitrogen and oxygen atoms in total. The predicted molar refractivity (Wildman–Crippen MR) is 116 cm³/mol. The number of rotatable bonds is 5. The van der Waals surface area contributed by atoms with Gasteiger partial charge in [-0.2, -0.15) is 13.2 Å². The minimum Gasteiger partial charge on any atom is -0.496 e. The lowest BCUT2D eigenvalue weighted by atomic mass is 10.0. The Balaban J connectivity index is 1.80. The number of ether oxygens (including phenoxy) is 1. The maximum absolute atomic E-state index is 14.0. The molecule has 1 heterocycles. The molecule has 0 saturated heterocycles. The standard InChI is InChI=1S/C24H13F8NO3S/c1-36-17-9-12(24(30,31)32)2-4-15(17)23-14-5-3-13(8-11(14)6-7-33-23)37(34,35)10-16-18(25)20(27)22(29)21(28)19(16)26/h2-9H,10H2,1H3. The number of sulfone groups is 1. The highest BCUT2D eigenvalue weighted by atomic mass is 32.2. The molecule has 0 aliphatic heterocycles. The van der Waals surface area contributed by atoms with E-state index in [0.717, 1.165) is 37.4 Å². The molecule has 0 amide bonds. The number of halogens is 8. The van der Waals surface area contributed by atoms with Gasteiger partial charge in [-0.1, -0.05) is 6.07 Å². The molecule has 0 unspecified atom stereocenters. The van der Waals surface area contributed by atoms with Crippen LogP contribution in [-0.2, 0) is 21.8 Å². The van der Waals surface area contributed by atoms with Gasteiger partial charge in [0.1, 0.15) is 5.75 Å². The fourth-order valence-corrected chi connectivity index (χ4v) is 5.06. The number of alkyl halides is 3. The van der Waals surface area contributed by atoms with E-state index in [9.17, 15) is 43.5 Å². The van der Waals surface area contributed by atoms with Crippen LogP contribution in [0.25, 0.3) is 22.0 Å². The lowest BCUT2D eigenvalue weighted by Gasteiger charge is -2.14. The van der Waals surface area contributed by atoms with E-state index < -0.39 is 66.9 Å². The van der Waals surface area contributed by atoms with Crippen molar-refractivity contribution in [2.75, 3.05) is 7.11 Å². The molecule has 0 aliphatic carbocycles. The normalized spacial score (nSPS) is 12.2. The number of aromatic nitrogens is 1. The van der Waals surface area contributed by atoms with Gasteiger partial charge in [-0.25, -0.2) is 30.4 Å². The average molecular weight is 547 g/mol. The molecule has 1 aromatic heterocycles. The predicted octanol–water partition coefficient (Wildman–Crippen LogP) is 6.60. The summed E-state index contributed by atoms with van der Waals surface area (Å²) >= 11 is 0. The summed E-state index contributed by atoms with van der Waals surface area (Å²) in [5.41, 5.74) is -2.17. The molecule has 0 atom stereocenters. The van der Waals surface area contributed by atoms with E-state index in [-0.39, 0.29) is 27.8 Å². The summed E-state index contributed by atoms with van der Waals surface area (Å²) in [6.45, 7) is 0. The summed E-state index contributed by atoms with van der Waals surface area (Å²) in [5, 5.41) is 0.501. The van der Waals surface area contributed by atoms with E-state index >= 15 is 0 Å². The molecular weight excluding hydrogens is 534 g/mol. The van der Waals surface area contributed by atoms with Crippen LogP contribution in [0, 0.1) is 29.1 Å². The molecule has 0 spiro atoms. The minimum atomic E-state index is -4.63. The Bertz CT molecular complexity index is 1620. The molecular formula is C24H13F8NO3S. The fraction of sp³-hybridized carbons (Fsp3) is 0.125. The first-order chi connectivity index (χ1) is 17.3. The summed E-state index contributed by atoms with van der Waals surface area (Å²) in [7, 11) is -3.45. The van der Waals surface area contributed by atoms with Crippen molar-refractivity contribution in [3.8, 4) is 17.0 Å². The molecule has 4 aromatic rings. The third-order valence-electron chi connectivity index (χ3n) is 5.51. The van der Waals surface area contributed by atoms with Gasteiger partial charge in [0, 0.05) is 22.7 Å². The fourth-order valence-electron chi connectivity index (χ4n) is 3.68. The molecule has 0 fully saturated rings. The zero-order chi connectivity index (χ0) is 27.3. The number of hydrogen-bond acceptors (Lipinski definition) is 4. The Hall–Kier alpha value is -3.74. The smallest absolute Gasteiger partial charge is 0.416 e. The zero-order valence-corrected chi connectivity index (χ0v) is 19.2. The topological polar surface area (TPSA) is 56.3 Å². The Labute approximate surface area is 204 Å². The van der Waals surface area contributed by atoms with E-state index in [1.165, 1.54) is 18.3 Å². The van der Waals surface area contributed by atoms with Gasteiger partial charge in [0.05, 0.1) is 29.0 Å². The van der Waals surface area contributed by atoms with Crippen molar-refractivity contribution in [2.45, 2.75) is 16.8 Å². The summed E-state index contributed by atoms with van der Waals surface area (Å²) in [4.78, 5) is 3.66. The quantitative estimate of drug-likeness (QED) is 0.161. The maximum atomic E-state index is 14.0. The van der Waals surface area contributed by atoms with Crippen LogP contribution in [0.4, 0.5) is 35.1 Å². The van der Waals surface area contributed by atoms with Crippen molar-refractivity contribution in [3.63, 3.8) is 0 Å². The molecule has 13 heteroatoms. The summed E-state index contributed by atoms with van der Waals surface area (Å²) < 4.78 is 138. The van der Waals surface area contributed by atoms with Crippen LogP contribution in [0.15, 0.2) is 53.6 Å². The van der Waals surface area contributed by atoms with Gasteiger partial charge in [-0.05, 0) is 41.8 Å². The van der Waals surface area contributed by atoms with Gasteiger partial charge in [-0.15, -0.1) is 0 Å². The van der Waals surface area contributed by atoms with Gasteiger partial charge in [0.15, 0.2) is 33.1 Å². The van der Waals surface area contributed by atoms with Gasteiger partial charge < -0.3 is 4.74 Å². The highest BCUT2D eigenvalue weighted by molar-refractivity contribution is 7.90. The second-order valence-electron chi connectivity index (χ2n) is 7.76.